The first-order chi connectivity index (χ1) is 7.16. The molecule has 15 heavy (non-hydrogen) atoms. The van der Waals surface area contributed by atoms with Crippen molar-refractivity contribution in [1.29, 1.82) is 0 Å². The Balaban J connectivity index is 1.57. The van der Waals surface area contributed by atoms with Crippen molar-refractivity contribution in [3.63, 3.8) is 0 Å². The summed E-state index contributed by atoms with van der Waals surface area (Å²) >= 11 is 2.12. The summed E-state index contributed by atoms with van der Waals surface area (Å²) in [6.07, 6.45) is 2.92. The summed E-state index contributed by atoms with van der Waals surface area (Å²) in [5, 5.41) is 3.57. The summed E-state index contributed by atoms with van der Waals surface area (Å²) in [5.41, 5.74) is 0. The SMILES string of the molecule is CC1(C)CN(CCNCC2CC2)CCS1. The molecule has 0 radical (unpaired) electrons. The zero-order chi connectivity index (χ0) is 10.7. The summed E-state index contributed by atoms with van der Waals surface area (Å²) in [6, 6.07) is 0. The van der Waals surface area contributed by atoms with Gasteiger partial charge in [0.25, 0.3) is 0 Å². The lowest BCUT2D eigenvalue weighted by molar-refractivity contribution is 0.260. The van der Waals surface area contributed by atoms with E-state index < -0.39 is 0 Å². The van der Waals surface area contributed by atoms with E-state index in [4.69, 9.17) is 0 Å². The van der Waals surface area contributed by atoms with Crippen LogP contribution in [-0.2, 0) is 0 Å². The van der Waals surface area contributed by atoms with Gasteiger partial charge in [0, 0.05) is 36.7 Å². The molecule has 0 aromatic rings. The topological polar surface area (TPSA) is 15.3 Å². The molecule has 0 aromatic carbocycles. The number of rotatable bonds is 5. The Hall–Kier alpha value is 0.270. The summed E-state index contributed by atoms with van der Waals surface area (Å²) in [5.74, 6) is 2.31. The smallest absolute Gasteiger partial charge is 0.0231 e. The maximum atomic E-state index is 3.57. The Labute approximate surface area is 98.2 Å². The number of nitrogens with one attached hydrogen (secondary N) is 1. The van der Waals surface area contributed by atoms with Crippen LogP contribution in [-0.4, -0.2) is 48.1 Å². The predicted molar refractivity (Wildman–Crippen MR) is 68.6 cm³/mol. The molecule has 2 aliphatic rings. The van der Waals surface area contributed by atoms with Gasteiger partial charge in [-0.2, -0.15) is 11.8 Å². The van der Waals surface area contributed by atoms with Gasteiger partial charge in [-0.3, -0.25) is 4.90 Å². The third kappa shape index (κ3) is 4.33. The van der Waals surface area contributed by atoms with Crippen molar-refractivity contribution >= 4 is 11.8 Å². The van der Waals surface area contributed by atoms with E-state index in [2.05, 4.69) is 35.8 Å². The molecule has 0 aromatic heterocycles. The zero-order valence-electron chi connectivity index (χ0n) is 10.1. The van der Waals surface area contributed by atoms with Crippen LogP contribution in [0.25, 0.3) is 0 Å². The molecule has 2 nitrogen and oxygen atoms in total. The van der Waals surface area contributed by atoms with Gasteiger partial charge in [0.1, 0.15) is 0 Å². The molecule has 1 saturated heterocycles. The van der Waals surface area contributed by atoms with Crippen LogP contribution in [0.4, 0.5) is 0 Å². The standard InChI is InChI=1S/C12H24N2S/c1-12(2)10-14(7-8-15-12)6-5-13-9-11-3-4-11/h11,13H,3-10H2,1-2H3. The summed E-state index contributed by atoms with van der Waals surface area (Å²) < 4.78 is 0.467. The molecule has 1 N–H and O–H groups in total. The first-order valence-corrected chi connectivity index (χ1v) is 7.21. The Morgan fingerprint density at radius 3 is 2.87 bits per heavy atom. The highest BCUT2D eigenvalue weighted by molar-refractivity contribution is 8.00. The second-order valence-electron chi connectivity index (χ2n) is 5.53. The molecule has 0 amide bonds. The van der Waals surface area contributed by atoms with E-state index in [0.29, 0.717) is 4.75 Å². The number of hydrogen-bond donors (Lipinski definition) is 1. The van der Waals surface area contributed by atoms with Crippen LogP contribution in [0.1, 0.15) is 26.7 Å². The van der Waals surface area contributed by atoms with Gasteiger partial charge in [-0.05, 0) is 39.2 Å². The summed E-state index contributed by atoms with van der Waals surface area (Å²) in [6.45, 7) is 10.9. The van der Waals surface area contributed by atoms with Crippen LogP contribution in [0.3, 0.4) is 0 Å². The van der Waals surface area contributed by atoms with Crippen LogP contribution in [0, 0.1) is 5.92 Å². The molecular weight excluding hydrogens is 204 g/mol. The van der Waals surface area contributed by atoms with Crippen molar-refractivity contribution in [3.8, 4) is 0 Å². The van der Waals surface area contributed by atoms with Crippen LogP contribution < -0.4 is 5.32 Å². The fourth-order valence-corrected chi connectivity index (χ4v) is 3.35. The first kappa shape index (κ1) is 11.7. The number of thioether (sulfide) groups is 1. The van der Waals surface area contributed by atoms with Crippen molar-refractivity contribution in [2.24, 2.45) is 5.92 Å². The van der Waals surface area contributed by atoms with E-state index in [1.807, 2.05) is 0 Å². The first-order valence-electron chi connectivity index (χ1n) is 6.23. The molecule has 3 heteroatoms. The van der Waals surface area contributed by atoms with E-state index in [-0.39, 0.29) is 0 Å². The van der Waals surface area contributed by atoms with E-state index >= 15 is 0 Å². The average molecular weight is 228 g/mol. The normalized spacial score (nSPS) is 26.8. The Morgan fingerprint density at radius 1 is 1.40 bits per heavy atom. The van der Waals surface area contributed by atoms with Gasteiger partial charge in [0.2, 0.25) is 0 Å². The van der Waals surface area contributed by atoms with Gasteiger partial charge in [-0.25, -0.2) is 0 Å². The quantitative estimate of drug-likeness (QED) is 0.723. The molecule has 0 atom stereocenters. The Morgan fingerprint density at radius 2 is 2.20 bits per heavy atom. The lowest BCUT2D eigenvalue weighted by Crippen LogP contribution is -2.45. The largest absolute Gasteiger partial charge is 0.315 e. The van der Waals surface area contributed by atoms with Gasteiger partial charge in [0.05, 0.1) is 0 Å². The predicted octanol–water partition coefficient (Wildman–Crippen LogP) is 1.81. The maximum absolute atomic E-state index is 3.57. The Kier molecular flexibility index (Phi) is 3.97. The fraction of sp³-hybridized carbons (Fsp3) is 1.00. The van der Waals surface area contributed by atoms with E-state index in [1.165, 1.54) is 51.3 Å². The molecular formula is C12H24N2S. The van der Waals surface area contributed by atoms with Gasteiger partial charge in [-0.15, -0.1) is 0 Å². The molecule has 0 bridgehead atoms. The molecule has 1 saturated carbocycles. The second-order valence-corrected chi connectivity index (χ2v) is 7.33. The van der Waals surface area contributed by atoms with Crippen molar-refractivity contribution in [1.82, 2.24) is 10.2 Å². The maximum Gasteiger partial charge on any atom is 0.0231 e. The third-order valence-electron chi connectivity index (χ3n) is 3.24. The Bertz CT molecular complexity index is 202. The molecule has 1 aliphatic heterocycles. The van der Waals surface area contributed by atoms with Crippen LogP contribution in [0.5, 0.6) is 0 Å². The van der Waals surface area contributed by atoms with Crippen LogP contribution in [0.15, 0.2) is 0 Å². The molecule has 1 heterocycles. The van der Waals surface area contributed by atoms with E-state index in [1.54, 1.807) is 0 Å². The lowest BCUT2D eigenvalue weighted by Gasteiger charge is -2.37. The monoisotopic (exact) mass is 228 g/mol. The van der Waals surface area contributed by atoms with Gasteiger partial charge >= 0.3 is 0 Å². The minimum Gasteiger partial charge on any atom is -0.315 e. The van der Waals surface area contributed by atoms with Gasteiger partial charge in [-0.1, -0.05) is 0 Å². The lowest BCUT2D eigenvalue weighted by atomic mass is 10.2. The van der Waals surface area contributed by atoms with Gasteiger partial charge < -0.3 is 5.32 Å². The van der Waals surface area contributed by atoms with Crippen LogP contribution >= 0.6 is 11.8 Å². The highest BCUT2D eigenvalue weighted by Gasteiger charge is 2.26. The average Bonchev–Trinajstić information content (AvgIpc) is 2.94. The van der Waals surface area contributed by atoms with Crippen molar-refractivity contribution in [2.45, 2.75) is 31.4 Å². The molecule has 2 rings (SSSR count). The molecule has 0 spiro atoms. The highest BCUT2D eigenvalue weighted by Crippen LogP contribution is 2.29. The number of nitrogens with zero attached hydrogens (tertiary/aromatic N) is 1. The van der Waals surface area contributed by atoms with E-state index in [0.717, 1.165) is 5.92 Å². The third-order valence-corrected chi connectivity index (χ3v) is 4.54. The zero-order valence-corrected chi connectivity index (χ0v) is 10.9. The minimum absolute atomic E-state index is 0.467. The molecule has 0 unspecified atom stereocenters. The van der Waals surface area contributed by atoms with Crippen molar-refractivity contribution < 1.29 is 0 Å². The second kappa shape index (κ2) is 5.07. The molecule has 2 fully saturated rings. The molecule has 88 valence electrons. The van der Waals surface area contributed by atoms with Crippen molar-refractivity contribution in [3.05, 3.63) is 0 Å². The highest BCUT2D eigenvalue weighted by atomic mass is 32.2. The van der Waals surface area contributed by atoms with Gasteiger partial charge in [0.15, 0.2) is 0 Å². The van der Waals surface area contributed by atoms with E-state index in [9.17, 15) is 0 Å². The van der Waals surface area contributed by atoms with Crippen molar-refractivity contribution in [2.75, 3.05) is 38.5 Å². The molecule has 1 aliphatic carbocycles. The number of hydrogen-bond acceptors (Lipinski definition) is 3. The minimum atomic E-state index is 0.467. The summed E-state index contributed by atoms with van der Waals surface area (Å²) in [7, 11) is 0. The van der Waals surface area contributed by atoms with Crippen LogP contribution in [0.2, 0.25) is 0 Å². The fourth-order valence-electron chi connectivity index (χ4n) is 2.17. The summed E-state index contributed by atoms with van der Waals surface area (Å²) in [4.78, 5) is 2.61.